The van der Waals surface area contributed by atoms with E-state index < -0.39 is 5.41 Å². The summed E-state index contributed by atoms with van der Waals surface area (Å²) in [6.07, 6.45) is 0. The number of benzene rings is 10. The van der Waals surface area contributed by atoms with Gasteiger partial charge >= 0.3 is 0 Å². The Morgan fingerprint density at radius 2 is 0.887 bits per heavy atom. The molecule has 0 aliphatic heterocycles. The van der Waals surface area contributed by atoms with Crippen LogP contribution in [0, 0.1) is 6.92 Å². The smallest absolute Gasteiger partial charge is 0.0727 e. The summed E-state index contributed by atoms with van der Waals surface area (Å²) < 4.78 is 2.47. The highest BCUT2D eigenvalue weighted by atomic mass is 15.1. The van der Waals surface area contributed by atoms with Gasteiger partial charge in [0.2, 0.25) is 0 Å². The summed E-state index contributed by atoms with van der Waals surface area (Å²) in [6.45, 7) is 2.16. The maximum absolute atomic E-state index is 2.54. The van der Waals surface area contributed by atoms with Gasteiger partial charge in [0.05, 0.1) is 22.1 Å². The fourth-order valence-corrected chi connectivity index (χ4v) is 11.0. The van der Waals surface area contributed by atoms with Crippen LogP contribution >= 0.6 is 0 Å². The second kappa shape index (κ2) is 13.3. The van der Waals surface area contributed by atoms with E-state index in [-0.39, 0.29) is 0 Å². The van der Waals surface area contributed by atoms with Crippen LogP contribution in [-0.2, 0) is 5.41 Å². The minimum absolute atomic E-state index is 0.568. The lowest BCUT2D eigenvalue weighted by atomic mass is 9.70. The van der Waals surface area contributed by atoms with Crippen LogP contribution < -0.4 is 4.90 Å². The molecule has 0 fully saturated rings. The van der Waals surface area contributed by atoms with E-state index in [4.69, 9.17) is 0 Å². The van der Waals surface area contributed by atoms with Crippen molar-refractivity contribution in [1.82, 2.24) is 4.57 Å². The lowest BCUT2D eigenvalue weighted by Gasteiger charge is -2.33. The Morgan fingerprint density at radius 1 is 0.371 bits per heavy atom. The summed E-state index contributed by atoms with van der Waals surface area (Å²) in [5.74, 6) is 0. The third-order valence-electron chi connectivity index (χ3n) is 13.7. The third-order valence-corrected chi connectivity index (χ3v) is 13.7. The molecule has 0 radical (unpaired) electrons. The number of nitrogens with zero attached hydrogens (tertiary/aromatic N) is 2. The van der Waals surface area contributed by atoms with Crippen LogP contribution in [0.1, 0.15) is 27.8 Å². The van der Waals surface area contributed by atoms with E-state index in [1.165, 1.54) is 99.5 Å². The number of aromatic nitrogens is 1. The molecule has 62 heavy (non-hydrogen) atoms. The van der Waals surface area contributed by atoms with Crippen molar-refractivity contribution in [3.63, 3.8) is 0 Å². The normalized spacial score (nSPS) is 13.0. The molecular weight excluding hydrogens is 749 g/mol. The van der Waals surface area contributed by atoms with Gasteiger partial charge in [-0.15, -0.1) is 0 Å². The number of rotatable bonds is 5. The van der Waals surface area contributed by atoms with Gasteiger partial charge in [-0.3, -0.25) is 0 Å². The van der Waals surface area contributed by atoms with Crippen LogP contribution in [0.15, 0.2) is 224 Å². The molecule has 11 aromatic rings. The van der Waals surface area contributed by atoms with Gasteiger partial charge in [0, 0.05) is 33.2 Å². The Bertz CT molecular complexity index is 3480. The third kappa shape index (κ3) is 4.81. The molecule has 2 aliphatic rings. The first kappa shape index (κ1) is 34.9. The predicted molar refractivity (Wildman–Crippen MR) is 259 cm³/mol. The molecule has 10 aromatic carbocycles. The van der Waals surface area contributed by atoms with Gasteiger partial charge in [-0.25, -0.2) is 0 Å². The minimum atomic E-state index is -0.568. The largest absolute Gasteiger partial charge is 0.310 e. The molecule has 1 aromatic heterocycles. The summed E-state index contributed by atoms with van der Waals surface area (Å²) in [7, 11) is 0. The first-order valence-corrected chi connectivity index (χ1v) is 21.6. The Balaban J connectivity index is 1.13. The fourth-order valence-electron chi connectivity index (χ4n) is 11.0. The highest BCUT2D eigenvalue weighted by molar-refractivity contribution is 6.13. The average molecular weight is 789 g/mol. The molecule has 0 saturated carbocycles. The number of fused-ring (bicyclic) bond motifs is 15. The molecule has 0 N–H and O–H groups in total. The average Bonchev–Trinajstić information content (AvgIpc) is 3.94. The molecule has 1 heterocycles. The van der Waals surface area contributed by atoms with E-state index >= 15 is 0 Å². The van der Waals surface area contributed by atoms with Crippen LogP contribution in [0.3, 0.4) is 0 Å². The first-order valence-electron chi connectivity index (χ1n) is 21.6. The monoisotopic (exact) mass is 788 g/mol. The topological polar surface area (TPSA) is 8.17 Å². The van der Waals surface area contributed by atoms with Gasteiger partial charge in [-0.2, -0.15) is 0 Å². The molecule has 2 aliphatic carbocycles. The maximum Gasteiger partial charge on any atom is 0.0727 e. The Morgan fingerprint density at radius 3 is 1.53 bits per heavy atom. The van der Waals surface area contributed by atoms with Crippen LogP contribution in [0.2, 0.25) is 0 Å². The highest BCUT2D eigenvalue weighted by Crippen LogP contribution is 2.65. The summed E-state index contributed by atoms with van der Waals surface area (Å²) in [6, 6.07) is 83.6. The van der Waals surface area contributed by atoms with Crippen LogP contribution in [-0.4, -0.2) is 4.57 Å². The molecule has 1 spiro atoms. The number of para-hydroxylation sites is 2. The van der Waals surface area contributed by atoms with E-state index in [0.717, 1.165) is 17.1 Å². The van der Waals surface area contributed by atoms with E-state index in [1.807, 2.05) is 0 Å². The summed E-state index contributed by atoms with van der Waals surface area (Å²) >= 11 is 0. The molecule has 13 rings (SSSR count). The van der Waals surface area contributed by atoms with Crippen molar-refractivity contribution in [3.05, 3.63) is 252 Å². The fraction of sp³-hybridized carbons (Fsp3) is 0.0333. The predicted octanol–water partition coefficient (Wildman–Crippen LogP) is 15.7. The van der Waals surface area contributed by atoms with Gasteiger partial charge in [-0.05, 0) is 123 Å². The van der Waals surface area contributed by atoms with E-state index in [0.29, 0.717) is 0 Å². The quantitative estimate of drug-likeness (QED) is 0.169. The summed E-state index contributed by atoms with van der Waals surface area (Å²) in [4.78, 5) is 2.48. The van der Waals surface area contributed by atoms with Crippen molar-refractivity contribution in [2.24, 2.45) is 0 Å². The van der Waals surface area contributed by atoms with E-state index in [1.54, 1.807) is 0 Å². The van der Waals surface area contributed by atoms with Gasteiger partial charge in [0.1, 0.15) is 0 Å². The molecule has 0 amide bonds. The van der Waals surface area contributed by atoms with Gasteiger partial charge < -0.3 is 9.47 Å². The first-order chi connectivity index (χ1) is 30.7. The number of aryl methyl sites for hydroxylation is 1. The Kier molecular flexibility index (Phi) is 7.47. The minimum Gasteiger partial charge on any atom is -0.310 e. The summed E-state index contributed by atoms with van der Waals surface area (Å²) in [5.41, 5.74) is 20.5. The maximum atomic E-state index is 2.54. The second-order valence-corrected chi connectivity index (χ2v) is 16.9. The zero-order valence-corrected chi connectivity index (χ0v) is 34.3. The zero-order chi connectivity index (χ0) is 40.9. The van der Waals surface area contributed by atoms with Crippen LogP contribution in [0.5, 0.6) is 0 Å². The molecular formula is C60H40N2. The number of hydrogen-bond acceptors (Lipinski definition) is 1. The van der Waals surface area contributed by atoms with Crippen molar-refractivity contribution in [2.45, 2.75) is 12.3 Å². The van der Waals surface area contributed by atoms with Crippen molar-refractivity contribution in [1.29, 1.82) is 0 Å². The van der Waals surface area contributed by atoms with Crippen molar-refractivity contribution >= 4 is 49.6 Å². The van der Waals surface area contributed by atoms with Crippen molar-refractivity contribution < 1.29 is 0 Å². The van der Waals surface area contributed by atoms with Crippen molar-refractivity contribution in [2.75, 3.05) is 4.90 Å². The molecule has 2 nitrogen and oxygen atoms in total. The second-order valence-electron chi connectivity index (χ2n) is 16.9. The van der Waals surface area contributed by atoms with Crippen LogP contribution in [0.25, 0.3) is 71.6 Å². The standard InChI is InChI=1S/C60H40N2/c1-39-27-31-42(32-28-39)61(43-33-29-41(30-34-43)40-15-3-2-4-16-40)58-38-55-59(50-22-6-5-21-49(50)58)51-36-35-44(62-56-25-13-9-19-47(56)48-20-10-14-26-57(48)62)37-54(51)60(55)52-23-11-7-17-45(52)46-18-8-12-24-53(46)60/h2-38H,1H3. The lowest BCUT2D eigenvalue weighted by molar-refractivity contribution is 0.793. The van der Waals surface area contributed by atoms with Crippen LogP contribution in [0.4, 0.5) is 17.1 Å². The van der Waals surface area contributed by atoms with E-state index in [9.17, 15) is 0 Å². The number of anilines is 3. The molecule has 0 bridgehead atoms. The number of hydrogen-bond donors (Lipinski definition) is 0. The highest BCUT2D eigenvalue weighted by Gasteiger charge is 2.52. The molecule has 0 saturated heterocycles. The van der Waals surface area contributed by atoms with Crippen molar-refractivity contribution in [3.8, 4) is 39.1 Å². The molecule has 2 heteroatoms. The molecule has 290 valence electrons. The van der Waals surface area contributed by atoms with Gasteiger partial charge in [-0.1, -0.05) is 175 Å². The SMILES string of the molecule is Cc1ccc(N(c2ccc(-c3ccccc3)cc2)c2cc3c(c4ccccc24)-c2ccc(-n4c5ccccc5c5ccccc54)cc2C32c3ccccc3-c3ccccc32)cc1. The molecule has 0 atom stereocenters. The van der Waals surface area contributed by atoms with Gasteiger partial charge in [0.25, 0.3) is 0 Å². The zero-order valence-electron chi connectivity index (χ0n) is 34.3. The van der Waals surface area contributed by atoms with E-state index in [2.05, 4.69) is 241 Å². The lowest BCUT2D eigenvalue weighted by Crippen LogP contribution is -2.26. The Labute approximate surface area is 361 Å². The molecule has 0 unspecified atom stereocenters. The summed E-state index contributed by atoms with van der Waals surface area (Å²) in [5, 5.41) is 5.00. The Hall–Kier alpha value is -7.94. The van der Waals surface area contributed by atoms with Gasteiger partial charge in [0.15, 0.2) is 0 Å².